The molecule has 0 aliphatic carbocycles. The summed E-state index contributed by atoms with van der Waals surface area (Å²) < 4.78 is 11.5. The first-order chi connectivity index (χ1) is 20.3. The predicted molar refractivity (Wildman–Crippen MR) is 162 cm³/mol. The first kappa shape index (κ1) is 29.9. The first-order valence-corrected chi connectivity index (χ1v) is 13.3. The number of fused-ring (bicyclic) bond motifs is 1. The van der Waals surface area contributed by atoms with Gasteiger partial charge in [-0.25, -0.2) is 0 Å². The predicted octanol–water partition coefficient (Wildman–Crippen LogP) is 6.01. The lowest BCUT2D eigenvalue weighted by molar-refractivity contribution is -0.111. The lowest BCUT2D eigenvalue weighted by atomic mass is 10.1. The summed E-state index contributed by atoms with van der Waals surface area (Å²) in [7, 11) is 3.78. The minimum atomic E-state index is -0.374. The third kappa shape index (κ3) is 7.17. The van der Waals surface area contributed by atoms with E-state index in [9.17, 15) is 15.0 Å². The molecule has 12 heteroatoms. The molecule has 0 aliphatic rings. The van der Waals surface area contributed by atoms with Crippen molar-refractivity contribution in [3.05, 3.63) is 94.3 Å². The second-order valence-electron chi connectivity index (χ2n) is 9.20. The highest BCUT2D eigenvalue weighted by molar-refractivity contribution is 6.32. The largest absolute Gasteiger partial charge is 0.492 e. The number of hydrogen-bond acceptors (Lipinski definition) is 9. The van der Waals surface area contributed by atoms with E-state index < -0.39 is 0 Å². The van der Waals surface area contributed by atoms with Gasteiger partial charge in [0, 0.05) is 36.5 Å². The molecule has 0 spiro atoms. The van der Waals surface area contributed by atoms with Crippen LogP contribution in [0.25, 0.3) is 10.9 Å². The highest BCUT2D eigenvalue weighted by atomic mass is 35.5. The standard InChI is InChI=1S/C30H28ClN7O4/c1-4-41-28-16-25-23(15-26(28)35-29(39)9-7-13-37(2)3)30(20(17-32)18-34-25)38(36-40)22-10-11-27(24(31)14-22)42-19-21-8-5-6-12-33-21/h5-12,14-16,18H,4,13,19H2,1-3H3,(H,35,39)/b9-7+. The van der Waals surface area contributed by atoms with Crippen LogP contribution < -0.4 is 19.8 Å². The van der Waals surface area contributed by atoms with Gasteiger partial charge in [0.15, 0.2) is 0 Å². The molecule has 214 valence electrons. The van der Waals surface area contributed by atoms with Crippen molar-refractivity contribution >= 4 is 45.5 Å². The molecule has 2 aromatic carbocycles. The molecule has 2 heterocycles. The van der Waals surface area contributed by atoms with Gasteiger partial charge < -0.3 is 19.7 Å². The number of ether oxygens (including phenoxy) is 2. The van der Waals surface area contributed by atoms with E-state index in [4.69, 9.17) is 21.1 Å². The Hall–Kier alpha value is -5.05. The minimum Gasteiger partial charge on any atom is -0.492 e. The average Bonchev–Trinajstić information content (AvgIpc) is 2.98. The third-order valence-electron chi connectivity index (χ3n) is 5.91. The zero-order valence-electron chi connectivity index (χ0n) is 23.2. The maximum Gasteiger partial charge on any atom is 0.248 e. The maximum absolute atomic E-state index is 12.7. The zero-order valence-corrected chi connectivity index (χ0v) is 24.0. The van der Waals surface area contributed by atoms with Gasteiger partial charge in [-0.1, -0.05) is 23.7 Å². The Morgan fingerprint density at radius 2 is 1.98 bits per heavy atom. The van der Waals surface area contributed by atoms with Gasteiger partial charge >= 0.3 is 0 Å². The number of carbonyl (C=O) groups is 1. The molecule has 42 heavy (non-hydrogen) atoms. The molecule has 0 saturated carbocycles. The summed E-state index contributed by atoms with van der Waals surface area (Å²) in [6, 6.07) is 15.5. The molecule has 1 N–H and O–H groups in total. The minimum absolute atomic E-state index is 0.0843. The van der Waals surface area contributed by atoms with Crippen LogP contribution >= 0.6 is 11.6 Å². The smallest absolute Gasteiger partial charge is 0.248 e. The fraction of sp³-hybridized carbons (Fsp3) is 0.200. The van der Waals surface area contributed by atoms with E-state index in [2.05, 4.69) is 26.6 Å². The summed E-state index contributed by atoms with van der Waals surface area (Å²) in [6.45, 7) is 2.93. The molecule has 2 aromatic heterocycles. The number of anilines is 3. The number of likely N-dealkylation sites (N-methyl/N-ethyl adjacent to an activating group) is 1. The van der Waals surface area contributed by atoms with Crippen LogP contribution in [0.2, 0.25) is 5.02 Å². The van der Waals surface area contributed by atoms with Crippen molar-refractivity contribution in [3.63, 3.8) is 0 Å². The Kier molecular flexibility index (Phi) is 9.99. The molecule has 0 radical (unpaired) electrons. The molecule has 0 unspecified atom stereocenters. The summed E-state index contributed by atoms with van der Waals surface area (Å²) in [5.74, 6) is 0.387. The first-order valence-electron chi connectivity index (χ1n) is 12.9. The second kappa shape index (κ2) is 14.0. The summed E-state index contributed by atoms with van der Waals surface area (Å²) in [5.41, 5.74) is 2.01. The highest BCUT2D eigenvalue weighted by Gasteiger charge is 2.22. The molecule has 0 bridgehead atoms. The topological polar surface area (TPSA) is 133 Å². The summed E-state index contributed by atoms with van der Waals surface area (Å²) in [4.78, 5) is 35.5. The zero-order chi connectivity index (χ0) is 30.1. The number of nitrogens with zero attached hydrogens (tertiary/aromatic N) is 6. The summed E-state index contributed by atoms with van der Waals surface area (Å²) in [6.07, 6.45) is 6.16. The highest BCUT2D eigenvalue weighted by Crippen LogP contribution is 2.41. The Morgan fingerprint density at radius 3 is 2.64 bits per heavy atom. The third-order valence-corrected chi connectivity index (χ3v) is 6.21. The van der Waals surface area contributed by atoms with E-state index in [1.54, 1.807) is 36.5 Å². The van der Waals surface area contributed by atoms with Crippen LogP contribution in [0.4, 0.5) is 17.1 Å². The SMILES string of the molecule is CCOc1cc2ncc(C#N)c(N(N=O)c3ccc(OCc4ccccn4)c(Cl)c3)c2cc1NC(=O)/C=C/CN(C)C. The van der Waals surface area contributed by atoms with Gasteiger partial charge in [-0.2, -0.15) is 10.3 Å². The lowest BCUT2D eigenvalue weighted by Gasteiger charge is -2.21. The van der Waals surface area contributed by atoms with E-state index in [0.29, 0.717) is 41.2 Å². The summed E-state index contributed by atoms with van der Waals surface area (Å²) in [5, 5.41) is 17.6. The van der Waals surface area contributed by atoms with Crippen molar-refractivity contribution in [1.82, 2.24) is 14.9 Å². The van der Waals surface area contributed by atoms with Gasteiger partial charge in [0.1, 0.15) is 24.2 Å². The van der Waals surface area contributed by atoms with Gasteiger partial charge in [-0.05, 0) is 57.4 Å². The number of aromatic nitrogens is 2. The van der Waals surface area contributed by atoms with Crippen LogP contribution in [0.1, 0.15) is 18.2 Å². The van der Waals surface area contributed by atoms with Crippen LogP contribution in [0.5, 0.6) is 11.5 Å². The average molecular weight is 586 g/mol. The van der Waals surface area contributed by atoms with Crippen LogP contribution in [-0.4, -0.2) is 48.0 Å². The Balaban J connectivity index is 1.74. The van der Waals surface area contributed by atoms with Crippen molar-refractivity contribution in [3.8, 4) is 17.6 Å². The van der Waals surface area contributed by atoms with Crippen molar-refractivity contribution in [2.75, 3.05) is 37.6 Å². The number of halogens is 1. The van der Waals surface area contributed by atoms with Crippen molar-refractivity contribution < 1.29 is 14.3 Å². The molecule has 11 nitrogen and oxygen atoms in total. The molecular weight excluding hydrogens is 558 g/mol. The molecule has 0 aliphatic heterocycles. The van der Waals surface area contributed by atoms with Gasteiger partial charge in [0.25, 0.3) is 0 Å². The van der Waals surface area contributed by atoms with Gasteiger partial charge in [-0.3, -0.25) is 14.8 Å². The van der Waals surface area contributed by atoms with Crippen LogP contribution in [0.3, 0.4) is 0 Å². The molecule has 4 aromatic rings. The van der Waals surface area contributed by atoms with Crippen LogP contribution in [-0.2, 0) is 11.4 Å². The van der Waals surface area contributed by atoms with Crippen LogP contribution in [0.15, 0.2) is 78.4 Å². The molecular formula is C30H28ClN7O4. The lowest BCUT2D eigenvalue weighted by Crippen LogP contribution is -2.14. The number of nitriles is 1. The summed E-state index contributed by atoms with van der Waals surface area (Å²) >= 11 is 6.51. The number of pyridine rings is 2. The number of amides is 1. The molecule has 0 saturated heterocycles. The van der Waals surface area contributed by atoms with Crippen molar-refractivity contribution in [2.45, 2.75) is 13.5 Å². The maximum atomic E-state index is 12.7. The number of nitroso groups, excluding NO2 is 1. The number of hydrogen-bond donors (Lipinski definition) is 1. The fourth-order valence-electron chi connectivity index (χ4n) is 4.02. The van der Waals surface area contributed by atoms with Crippen molar-refractivity contribution in [2.24, 2.45) is 5.29 Å². The Morgan fingerprint density at radius 1 is 1.14 bits per heavy atom. The van der Waals surface area contributed by atoms with E-state index in [1.165, 1.54) is 18.3 Å². The quantitative estimate of drug-likeness (QED) is 0.120. The van der Waals surface area contributed by atoms with Gasteiger partial charge in [0.05, 0.1) is 50.8 Å². The Bertz CT molecular complexity index is 1660. The van der Waals surface area contributed by atoms with Gasteiger partial charge in [0.2, 0.25) is 5.91 Å². The number of nitrogens with one attached hydrogen (secondary N) is 1. The van der Waals surface area contributed by atoms with E-state index in [1.807, 2.05) is 44.1 Å². The number of rotatable bonds is 12. The van der Waals surface area contributed by atoms with E-state index >= 15 is 0 Å². The van der Waals surface area contributed by atoms with E-state index in [-0.39, 0.29) is 34.5 Å². The normalized spacial score (nSPS) is 11.0. The molecule has 1 amide bonds. The Labute approximate surface area is 247 Å². The van der Waals surface area contributed by atoms with Crippen LogP contribution in [0, 0.1) is 16.2 Å². The monoisotopic (exact) mass is 585 g/mol. The molecule has 4 rings (SSSR count). The molecule has 0 fully saturated rings. The second-order valence-corrected chi connectivity index (χ2v) is 9.61. The van der Waals surface area contributed by atoms with E-state index in [0.717, 1.165) is 10.7 Å². The van der Waals surface area contributed by atoms with Crippen molar-refractivity contribution in [1.29, 1.82) is 5.26 Å². The molecule has 0 atom stereocenters. The fourth-order valence-corrected chi connectivity index (χ4v) is 4.25. The van der Waals surface area contributed by atoms with Gasteiger partial charge in [-0.15, -0.1) is 4.91 Å². The number of benzene rings is 2. The number of carbonyl (C=O) groups excluding carboxylic acids is 1.